The van der Waals surface area contributed by atoms with Crippen LogP contribution < -0.4 is 10.6 Å². The van der Waals surface area contributed by atoms with Gasteiger partial charge in [0.25, 0.3) is 0 Å². The van der Waals surface area contributed by atoms with Crippen LogP contribution in [0.1, 0.15) is 5.56 Å². The van der Waals surface area contributed by atoms with Gasteiger partial charge in [-0.05, 0) is 17.7 Å². The third-order valence-corrected chi connectivity index (χ3v) is 5.12. The minimum atomic E-state index is -0.308. The van der Waals surface area contributed by atoms with Gasteiger partial charge < -0.3 is 20.3 Å². The number of amides is 2. The molecule has 1 unspecified atom stereocenters. The van der Waals surface area contributed by atoms with Crippen molar-refractivity contribution in [2.75, 3.05) is 49.7 Å². The quantitative estimate of drug-likeness (QED) is 0.839. The van der Waals surface area contributed by atoms with Crippen molar-refractivity contribution in [1.82, 2.24) is 10.2 Å². The molecule has 2 N–H and O–H groups in total. The minimum absolute atomic E-state index is 0.0932. The average Bonchev–Trinajstić information content (AvgIpc) is 2.65. The number of rotatable bonds is 4. The topological polar surface area (TPSA) is 70.7 Å². The van der Waals surface area contributed by atoms with E-state index in [0.29, 0.717) is 26.2 Å². The fraction of sp³-hybridized carbons (Fsp3) is 0.529. The third kappa shape index (κ3) is 4.72. The summed E-state index contributed by atoms with van der Waals surface area (Å²) in [7, 11) is 0. The molecule has 2 aliphatic heterocycles. The molecule has 2 heterocycles. The molecule has 0 saturated carbocycles. The van der Waals surface area contributed by atoms with Crippen LogP contribution >= 0.6 is 11.8 Å². The Bertz CT molecular complexity index is 516. The van der Waals surface area contributed by atoms with Crippen molar-refractivity contribution in [3.05, 3.63) is 29.8 Å². The van der Waals surface area contributed by atoms with E-state index in [1.807, 2.05) is 40.9 Å². The molecule has 2 saturated heterocycles. The molecule has 0 bridgehead atoms. The number of ether oxygens (including phenoxy) is 1. The van der Waals surface area contributed by atoms with E-state index in [0.717, 1.165) is 35.8 Å². The molecule has 2 fully saturated rings. The van der Waals surface area contributed by atoms with Crippen LogP contribution in [0.5, 0.6) is 0 Å². The summed E-state index contributed by atoms with van der Waals surface area (Å²) in [6, 6.07) is 7.18. The molecule has 2 aliphatic rings. The number of hydrogen-bond donors (Lipinski definition) is 2. The monoisotopic (exact) mass is 349 g/mol. The van der Waals surface area contributed by atoms with Gasteiger partial charge in [-0.2, -0.15) is 11.8 Å². The Balaban J connectivity index is 1.51. The zero-order chi connectivity index (χ0) is 16.8. The number of thioether (sulfide) groups is 1. The second-order valence-corrected chi connectivity index (χ2v) is 7.16. The standard InChI is InChI=1S/C17H23N3O3S/c21-16(20-6-9-24-10-7-20)11-13-1-3-14(4-2-13)19-17(22)15-12-23-8-5-18-15/h1-4,15,18H,5-12H2,(H,19,22). The van der Waals surface area contributed by atoms with Gasteiger partial charge >= 0.3 is 0 Å². The van der Waals surface area contributed by atoms with Gasteiger partial charge in [0, 0.05) is 36.8 Å². The van der Waals surface area contributed by atoms with Gasteiger partial charge in [-0.1, -0.05) is 12.1 Å². The average molecular weight is 349 g/mol. The van der Waals surface area contributed by atoms with Crippen LogP contribution in [-0.2, 0) is 20.7 Å². The minimum Gasteiger partial charge on any atom is -0.378 e. The summed E-state index contributed by atoms with van der Waals surface area (Å²) in [5.74, 6) is 2.13. The van der Waals surface area contributed by atoms with Gasteiger partial charge in [0.1, 0.15) is 6.04 Å². The molecule has 24 heavy (non-hydrogen) atoms. The number of benzene rings is 1. The van der Waals surface area contributed by atoms with Crippen molar-refractivity contribution >= 4 is 29.3 Å². The number of anilines is 1. The van der Waals surface area contributed by atoms with Crippen molar-refractivity contribution in [2.45, 2.75) is 12.5 Å². The Kier molecular flexibility index (Phi) is 6.12. The molecular weight excluding hydrogens is 326 g/mol. The highest BCUT2D eigenvalue weighted by atomic mass is 32.2. The first-order valence-electron chi connectivity index (χ1n) is 8.29. The lowest BCUT2D eigenvalue weighted by Gasteiger charge is -2.26. The second kappa shape index (κ2) is 8.50. The van der Waals surface area contributed by atoms with Crippen molar-refractivity contribution < 1.29 is 14.3 Å². The zero-order valence-electron chi connectivity index (χ0n) is 13.6. The van der Waals surface area contributed by atoms with Gasteiger partial charge in [-0.3, -0.25) is 9.59 Å². The fourth-order valence-corrected chi connectivity index (χ4v) is 3.67. The lowest BCUT2D eigenvalue weighted by atomic mass is 10.1. The van der Waals surface area contributed by atoms with Gasteiger partial charge in [0.05, 0.1) is 19.6 Å². The number of carbonyl (C=O) groups excluding carboxylic acids is 2. The van der Waals surface area contributed by atoms with Crippen molar-refractivity contribution in [2.24, 2.45) is 0 Å². The smallest absolute Gasteiger partial charge is 0.243 e. The summed E-state index contributed by atoms with van der Waals surface area (Å²) >= 11 is 1.89. The van der Waals surface area contributed by atoms with Crippen LogP contribution in [0.2, 0.25) is 0 Å². The number of carbonyl (C=O) groups is 2. The van der Waals surface area contributed by atoms with Crippen LogP contribution in [0, 0.1) is 0 Å². The first-order chi connectivity index (χ1) is 11.7. The summed E-state index contributed by atoms with van der Waals surface area (Å²) in [6.45, 7) is 3.41. The molecule has 3 rings (SSSR count). The third-order valence-electron chi connectivity index (χ3n) is 4.18. The van der Waals surface area contributed by atoms with Gasteiger partial charge in [0.15, 0.2) is 0 Å². The summed E-state index contributed by atoms with van der Waals surface area (Å²) in [6.07, 6.45) is 0.414. The highest BCUT2D eigenvalue weighted by Gasteiger charge is 2.21. The number of nitrogens with one attached hydrogen (secondary N) is 2. The van der Waals surface area contributed by atoms with E-state index >= 15 is 0 Å². The van der Waals surface area contributed by atoms with Crippen LogP contribution in [0.15, 0.2) is 24.3 Å². The van der Waals surface area contributed by atoms with Crippen LogP contribution in [0.4, 0.5) is 5.69 Å². The molecule has 0 aromatic heterocycles. The van der Waals surface area contributed by atoms with Crippen molar-refractivity contribution in [3.63, 3.8) is 0 Å². The molecule has 0 spiro atoms. The predicted octanol–water partition coefficient (Wildman–Crippen LogP) is 0.731. The van der Waals surface area contributed by atoms with Crippen molar-refractivity contribution in [1.29, 1.82) is 0 Å². The van der Waals surface area contributed by atoms with E-state index in [1.165, 1.54) is 0 Å². The molecule has 1 aromatic rings. The maximum atomic E-state index is 12.3. The lowest BCUT2D eigenvalue weighted by Crippen LogP contribution is -2.48. The molecular formula is C17H23N3O3S. The molecule has 1 aromatic carbocycles. The highest BCUT2D eigenvalue weighted by Crippen LogP contribution is 2.14. The van der Waals surface area contributed by atoms with E-state index < -0.39 is 0 Å². The van der Waals surface area contributed by atoms with E-state index in [-0.39, 0.29) is 17.9 Å². The Hall–Kier alpha value is -1.57. The van der Waals surface area contributed by atoms with Gasteiger partial charge in [-0.25, -0.2) is 0 Å². The molecule has 1 atom stereocenters. The molecule has 2 amide bonds. The Labute approximate surface area is 146 Å². The number of hydrogen-bond acceptors (Lipinski definition) is 5. The Morgan fingerprint density at radius 1 is 1.25 bits per heavy atom. The van der Waals surface area contributed by atoms with Crippen LogP contribution in [-0.4, -0.2) is 67.1 Å². The van der Waals surface area contributed by atoms with Crippen LogP contribution in [0.3, 0.4) is 0 Å². The summed E-state index contributed by atoms with van der Waals surface area (Å²) < 4.78 is 5.29. The molecule has 0 aliphatic carbocycles. The first-order valence-corrected chi connectivity index (χ1v) is 9.44. The molecule has 7 heteroatoms. The molecule has 0 radical (unpaired) electrons. The zero-order valence-corrected chi connectivity index (χ0v) is 14.4. The van der Waals surface area contributed by atoms with Crippen molar-refractivity contribution in [3.8, 4) is 0 Å². The highest BCUT2D eigenvalue weighted by molar-refractivity contribution is 7.99. The normalized spacial score (nSPS) is 21.3. The largest absolute Gasteiger partial charge is 0.378 e. The molecule has 6 nitrogen and oxygen atoms in total. The summed E-state index contributed by atoms with van der Waals surface area (Å²) in [5.41, 5.74) is 1.70. The Morgan fingerprint density at radius 3 is 2.67 bits per heavy atom. The molecule has 130 valence electrons. The fourth-order valence-electron chi connectivity index (χ4n) is 2.77. The first kappa shape index (κ1) is 17.3. The SMILES string of the molecule is O=C(Nc1ccc(CC(=O)N2CCSCC2)cc1)C1COCCN1. The number of morpholine rings is 1. The predicted molar refractivity (Wildman–Crippen MR) is 95.3 cm³/mol. The van der Waals surface area contributed by atoms with Gasteiger partial charge in [0.2, 0.25) is 11.8 Å². The van der Waals surface area contributed by atoms with E-state index in [2.05, 4.69) is 10.6 Å². The van der Waals surface area contributed by atoms with E-state index in [4.69, 9.17) is 4.74 Å². The van der Waals surface area contributed by atoms with E-state index in [9.17, 15) is 9.59 Å². The Morgan fingerprint density at radius 2 is 2.00 bits per heavy atom. The van der Waals surface area contributed by atoms with Gasteiger partial charge in [-0.15, -0.1) is 0 Å². The van der Waals surface area contributed by atoms with Crippen LogP contribution in [0.25, 0.3) is 0 Å². The summed E-state index contributed by atoms with van der Waals surface area (Å²) in [5, 5.41) is 6.00. The maximum absolute atomic E-state index is 12.3. The maximum Gasteiger partial charge on any atom is 0.243 e. The second-order valence-electron chi connectivity index (χ2n) is 5.94. The van der Waals surface area contributed by atoms with E-state index in [1.54, 1.807) is 0 Å². The summed E-state index contributed by atoms with van der Waals surface area (Å²) in [4.78, 5) is 26.3. The lowest BCUT2D eigenvalue weighted by molar-refractivity contribution is -0.130. The number of nitrogens with zero attached hydrogens (tertiary/aromatic N) is 1.